The number of rotatable bonds is 11. The molecule has 3 heterocycles. The second-order valence-electron chi connectivity index (χ2n) is 13.5. The van der Waals surface area contributed by atoms with Crippen LogP contribution in [0.2, 0.25) is 0 Å². The molecule has 0 amide bonds. The van der Waals surface area contributed by atoms with Crippen molar-refractivity contribution >= 4 is 21.8 Å². The third kappa shape index (κ3) is 7.69. The van der Waals surface area contributed by atoms with Gasteiger partial charge in [0.2, 0.25) is 0 Å². The minimum atomic E-state index is -0.370. The van der Waals surface area contributed by atoms with Crippen molar-refractivity contribution in [2.75, 3.05) is 0 Å². The molecule has 9 aromatic rings. The third-order valence-electron chi connectivity index (χ3n) is 9.64. The maximum absolute atomic E-state index is 14.4. The number of aromatic nitrogens is 4. The largest absolute Gasteiger partial charge is 2.00 e. The Bertz CT molecular complexity index is 2770. The van der Waals surface area contributed by atoms with Crippen LogP contribution in [0.25, 0.3) is 44.4 Å². The zero-order chi connectivity index (χ0) is 38.0. The van der Waals surface area contributed by atoms with E-state index < -0.39 is 0 Å². The fourth-order valence-corrected chi connectivity index (χ4v) is 7.07. The number of pyridine rings is 1. The van der Waals surface area contributed by atoms with Crippen LogP contribution in [0.5, 0.6) is 23.0 Å². The molecular formula is C48H35FN4O3Pt. The van der Waals surface area contributed by atoms with Crippen LogP contribution in [-0.2, 0) is 34.3 Å². The Kier molecular flexibility index (Phi) is 10.7. The number of nitrogens with zero attached hydrogens (tertiary/aromatic N) is 4. The first-order valence-corrected chi connectivity index (χ1v) is 18.3. The Balaban J connectivity index is 0.00000455. The molecule has 0 N–H and O–H groups in total. The van der Waals surface area contributed by atoms with Gasteiger partial charge in [0.15, 0.2) is 0 Å². The molecule has 0 saturated heterocycles. The number of para-hydroxylation sites is 1. The summed E-state index contributed by atoms with van der Waals surface area (Å²) in [5.41, 5.74) is 8.08. The van der Waals surface area contributed by atoms with Crippen molar-refractivity contribution in [1.29, 1.82) is 0 Å². The number of aryl methyl sites for hydroxylation is 2. The molecule has 0 aliphatic rings. The SMILES string of the molecule is Cc1cc(C)c(OCc2ccccc2)c(-c2cnn(-c3[c-]c(Oc4[c-]c5c(cc4)c4ccccc4n5-c4cc(F)ccn4)ccc3)c2)c1OCc1ccccc1.[Pt+2]. The third-order valence-corrected chi connectivity index (χ3v) is 9.64. The van der Waals surface area contributed by atoms with E-state index in [9.17, 15) is 4.39 Å². The van der Waals surface area contributed by atoms with Crippen LogP contribution in [0.4, 0.5) is 4.39 Å². The number of hydrogen-bond acceptors (Lipinski definition) is 5. The Morgan fingerprint density at radius 3 is 2.04 bits per heavy atom. The van der Waals surface area contributed by atoms with Gasteiger partial charge in [0.05, 0.1) is 11.8 Å². The van der Waals surface area contributed by atoms with Crippen molar-refractivity contribution < 1.29 is 39.7 Å². The first kappa shape index (κ1) is 37.4. The van der Waals surface area contributed by atoms with Crippen molar-refractivity contribution in [1.82, 2.24) is 19.3 Å². The molecule has 3 aromatic heterocycles. The molecule has 0 aliphatic heterocycles. The van der Waals surface area contributed by atoms with Crippen LogP contribution in [-0.4, -0.2) is 19.3 Å². The monoisotopic (exact) mass is 929 g/mol. The van der Waals surface area contributed by atoms with Gasteiger partial charge in [-0.15, -0.1) is 35.7 Å². The van der Waals surface area contributed by atoms with E-state index in [1.54, 1.807) is 4.68 Å². The Hall–Kier alpha value is -6.50. The van der Waals surface area contributed by atoms with E-state index in [2.05, 4.69) is 61.3 Å². The Morgan fingerprint density at radius 2 is 1.33 bits per heavy atom. The van der Waals surface area contributed by atoms with Gasteiger partial charge in [0.1, 0.15) is 36.3 Å². The molecule has 57 heavy (non-hydrogen) atoms. The summed E-state index contributed by atoms with van der Waals surface area (Å²) in [6, 6.07) is 49.3. The number of ether oxygens (including phenoxy) is 3. The molecule has 0 fully saturated rings. The quantitative estimate of drug-likeness (QED) is 0.121. The number of fused-ring (bicyclic) bond motifs is 3. The van der Waals surface area contributed by atoms with Crippen LogP contribution in [0.3, 0.4) is 0 Å². The topological polar surface area (TPSA) is 63.3 Å². The van der Waals surface area contributed by atoms with Gasteiger partial charge in [-0.2, -0.15) is 17.2 Å². The number of hydrogen-bond donors (Lipinski definition) is 0. The summed E-state index contributed by atoms with van der Waals surface area (Å²) >= 11 is 0. The summed E-state index contributed by atoms with van der Waals surface area (Å²) in [7, 11) is 0. The number of halogens is 1. The molecule has 9 rings (SSSR count). The predicted molar refractivity (Wildman–Crippen MR) is 216 cm³/mol. The first-order chi connectivity index (χ1) is 27.5. The standard InChI is InChI=1S/C48H35FN4O3.Pt/c1-32-24-33(2)48(55-31-35-14-7-4-8-15-35)46(47(32)54-30-34-12-5-3-6-13-34)36-28-51-52(29-36)38-16-11-17-39(26-38)56-40-20-21-42-41-18-9-10-19-43(41)53(44(42)27-40)45-25-37(49)22-23-50-45;/h3-25,28-29H,30-31H2,1-2H3;/q-2;+2. The second kappa shape index (κ2) is 16.3. The molecule has 0 saturated carbocycles. The molecule has 0 bridgehead atoms. The molecule has 7 nitrogen and oxygen atoms in total. The van der Waals surface area contributed by atoms with Crippen LogP contribution < -0.4 is 14.2 Å². The van der Waals surface area contributed by atoms with Gasteiger partial charge in [0, 0.05) is 41.0 Å². The predicted octanol–water partition coefficient (Wildman–Crippen LogP) is 11.3. The minimum absolute atomic E-state index is 0. The zero-order valence-electron chi connectivity index (χ0n) is 31.1. The van der Waals surface area contributed by atoms with Crippen LogP contribution in [0, 0.1) is 31.8 Å². The Labute approximate surface area is 344 Å². The van der Waals surface area contributed by atoms with Crippen molar-refractivity contribution in [3.8, 4) is 45.6 Å². The summed E-state index contributed by atoms with van der Waals surface area (Å²) in [6.45, 7) is 4.91. The fourth-order valence-electron chi connectivity index (χ4n) is 7.07. The summed E-state index contributed by atoms with van der Waals surface area (Å²) in [5.74, 6) is 2.51. The van der Waals surface area contributed by atoms with E-state index in [-0.39, 0.29) is 26.9 Å². The average Bonchev–Trinajstić information content (AvgIpc) is 3.84. The molecule has 0 spiro atoms. The molecule has 9 heteroatoms. The fraction of sp³-hybridized carbons (Fsp3) is 0.0833. The van der Waals surface area contributed by atoms with E-state index in [0.29, 0.717) is 36.2 Å². The normalized spacial score (nSPS) is 11.1. The van der Waals surface area contributed by atoms with Crippen molar-refractivity contribution in [3.05, 3.63) is 192 Å². The van der Waals surface area contributed by atoms with Crippen LogP contribution in [0.1, 0.15) is 22.3 Å². The molecule has 0 unspecified atom stereocenters. The van der Waals surface area contributed by atoms with Crippen molar-refractivity contribution in [2.45, 2.75) is 27.1 Å². The van der Waals surface area contributed by atoms with Gasteiger partial charge in [-0.3, -0.25) is 4.68 Å². The van der Waals surface area contributed by atoms with Gasteiger partial charge in [-0.1, -0.05) is 84.4 Å². The average molecular weight is 930 g/mol. The molecule has 0 aliphatic carbocycles. The van der Waals surface area contributed by atoms with Gasteiger partial charge >= 0.3 is 21.1 Å². The summed E-state index contributed by atoms with van der Waals surface area (Å²) in [4.78, 5) is 4.46. The zero-order valence-corrected chi connectivity index (χ0v) is 33.3. The van der Waals surface area contributed by atoms with Crippen molar-refractivity contribution in [3.63, 3.8) is 0 Å². The van der Waals surface area contributed by atoms with Gasteiger partial charge < -0.3 is 18.8 Å². The molecule has 6 aromatic carbocycles. The van der Waals surface area contributed by atoms with E-state index in [1.807, 2.05) is 108 Å². The smallest absolute Gasteiger partial charge is 0.509 e. The minimum Gasteiger partial charge on any atom is -0.509 e. The summed E-state index contributed by atoms with van der Waals surface area (Å²) < 4.78 is 37.5. The van der Waals surface area contributed by atoms with Crippen LogP contribution >= 0.6 is 0 Å². The number of benzene rings is 6. The van der Waals surface area contributed by atoms with Gasteiger partial charge in [-0.05, 0) is 65.4 Å². The first-order valence-electron chi connectivity index (χ1n) is 18.3. The molecule has 0 radical (unpaired) electrons. The summed E-state index contributed by atoms with van der Waals surface area (Å²) in [5, 5.41) is 6.73. The molecule has 0 atom stereocenters. The second-order valence-corrected chi connectivity index (χ2v) is 13.5. The van der Waals surface area contributed by atoms with E-state index in [4.69, 9.17) is 19.3 Å². The van der Waals surface area contributed by atoms with Crippen LogP contribution in [0.15, 0.2) is 152 Å². The maximum atomic E-state index is 14.4. The van der Waals surface area contributed by atoms with E-state index >= 15 is 0 Å². The maximum Gasteiger partial charge on any atom is 2.00 e. The molecular weight excluding hydrogens is 895 g/mol. The van der Waals surface area contributed by atoms with E-state index in [1.165, 1.54) is 18.3 Å². The molecule has 282 valence electrons. The summed E-state index contributed by atoms with van der Waals surface area (Å²) in [6.07, 6.45) is 5.24. The van der Waals surface area contributed by atoms with Gasteiger partial charge in [-0.25, -0.2) is 9.37 Å². The Morgan fingerprint density at radius 1 is 0.667 bits per heavy atom. The van der Waals surface area contributed by atoms with Gasteiger partial charge in [0.25, 0.3) is 0 Å². The van der Waals surface area contributed by atoms with Crippen molar-refractivity contribution in [2.24, 2.45) is 0 Å². The van der Waals surface area contributed by atoms with E-state index in [0.717, 1.165) is 66.7 Å².